The van der Waals surface area contributed by atoms with Gasteiger partial charge in [0.05, 0.1) is 0 Å². The Kier molecular flexibility index (Phi) is 4.13. The molecule has 0 spiro atoms. The number of rotatable bonds is 2. The van der Waals surface area contributed by atoms with Gasteiger partial charge >= 0.3 is 0 Å². The van der Waals surface area contributed by atoms with Gasteiger partial charge < -0.3 is 0 Å². The lowest BCUT2D eigenvalue weighted by Crippen LogP contribution is -2.32. The maximum absolute atomic E-state index is 2.55. The third kappa shape index (κ3) is 2.87. The first-order valence-corrected chi connectivity index (χ1v) is 7.13. The Bertz CT molecular complexity index is 297. The first-order chi connectivity index (χ1) is 6.86. The van der Waals surface area contributed by atoms with Crippen LogP contribution in [0.1, 0.15) is 5.56 Å². The van der Waals surface area contributed by atoms with Crippen molar-refractivity contribution in [3.05, 3.63) is 33.4 Å². The second kappa shape index (κ2) is 5.37. The van der Waals surface area contributed by atoms with E-state index in [0.717, 1.165) is 6.54 Å². The molecule has 0 atom stereocenters. The lowest BCUT2D eigenvalue weighted by Gasteiger charge is -2.26. The van der Waals surface area contributed by atoms with E-state index in [4.69, 9.17) is 0 Å². The van der Waals surface area contributed by atoms with Crippen molar-refractivity contribution < 1.29 is 0 Å². The molecule has 1 aromatic rings. The highest BCUT2D eigenvalue weighted by molar-refractivity contribution is 14.1. The van der Waals surface area contributed by atoms with Gasteiger partial charge in [0.15, 0.2) is 0 Å². The molecule has 1 heterocycles. The van der Waals surface area contributed by atoms with Crippen molar-refractivity contribution >= 4 is 34.4 Å². The van der Waals surface area contributed by atoms with Gasteiger partial charge in [-0.1, -0.05) is 18.2 Å². The summed E-state index contributed by atoms with van der Waals surface area (Å²) in [5, 5.41) is 0. The summed E-state index contributed by atoms with van der Waals surface area (Å²) in [5.41, 5.74) is 1.47. The van der Waals surface area contributed by atoms with Crippen LogP contribution >= 0.6 is 34.4 Å². The van der Waals surface area contributed by atoms with Crippen molar-refractivity contribution in [3.63, 3.8) is 0 Å². The van der Waals surface area contributed by atoms with E-state index in [1.807, 2.05) is 0 Å². The van der Waals surface area contributed by atoms with Crippen LogP contribution in [0.25, 0.3) is 0 Å². The van der Waals surface area contributed by atoms with E-state index in [1.165, 1.54) is 33.7 Å². The fraction of sp³-hybridized carbons (Fsp3) is 0.455. The van der Waals surface area contributed by atoms with Gasteiger partial charge in [-0.25, -0.2) is 0 Å². The van der Waals surface area contributed by atoms with Crippen LogP contribution in [0.2, 0.25) is 0 Å². The highest BCUT2D eigenvalue weighted by Gasteiger charge is 2.11. The predicted molar refractivity (Wildman–Crippen MR) is 71.8 cm³/mol. The molecule has 1 nitrogen and oxygen atoms in total. The second-order valence-electron chi connectivity index (χ2n) is 3.48. The van der Waals surface area contributed by atoms with Crippen LogP contribution in [0, 0.1) is 3.57 Å². The SMILES string of the molecule is Ic1ccccc1CN1CCSCC1. The van der Waals surface area contributed by atoms with E-state index in [-0.39, 0.29) is 0 Å². The Hall–Kier alpha value is 0.260. The number of hydrogen-bond acceptors (Lipinski definition) is 2. The van der Waals surface area contributed by atoms with Crippen LogP contribution < -0.4 is 0 Å². The summed E-state index contributed by atoms with van der Waals surface area (Å²) >= 11 is 4.49. The molecule has 1 aliphatic rings. The zero-order valence-electron chi connectivity index (χ0n) is 8.08. The Labute approximate surface area is 103 Å². The predicted octanol–water partition coefficient (Wildman–Crippen LogP) is 2.84. The molecule has 2 rings (SSSR count). The molecule has 0 bridgehead atoms. The smallest absolute Gasteiger partial charge is 0.0244 e. The van der Waals surface area contributed by atoms with Gasteiger partial charge in [0.1, 0.15) is 0 Å². The number of thioether (sulfide) groups is 1. The average Bonchev–Trinajstić information content (AvgIpc) is 2.23. The van der Waals surface area contributed by atoms with Crippen molar-refractivity contribution in [2.24, 2.45) is 0 Å². The van der Waals surface area contributed by atoms with Crippen molar-refractivity contribution in [3.8, 4) is 0 Å². The third-order valence-electron chi connectivity index (χ3n) is 2.46. The van der Waals surface area contributed by atoms with Gasteiger partial charge in [0, 0.05) is 34.7 Å². The number of hydrogen-bond donors (Lipinski definition) is 0. The summed E-state index contributed by atoms with van der Waals surface area (Å²) in [6.45, 7) is 3.62. The molecule has 0 amide bonds. The molecule has 3 heteroatoms. The second-order valence-corrected chi connectivity index (χ2v) is 5.87. The molecule has 1 saturated heterocycles. The van der Waals surface area contributed by atoms with Gasteiger partial charge in [-0.2, -0.15) is 11.8 Å². The van der Waals surface area contributed by atoms with Gasteiger partial charge in [-0.05, 0) is 34.2 Å². The van der Waals surface area contributed by atoms with E-state index in [2.05, 4.69) is 63.5 Å². The minimum Gasteiger partial charge on any atom is -0.297 e. The van der Waals surface area contributed by atoms with Crippen LogP contribution in [0.5, 0.6) is 0 Å². The molecule has 0 unspecified atom stereocenters. The molecule has 76 valence electrons. The summed E-state index contributed by atoms with van der Waals surface area (Å²) in [7, 11) is 0. The fourth-order valence-corrected chi connectivity index (χ4v) is 3.16. The molecule has 0 radical (unpaired) electrons. The maximum Gasteiger partial charge on any atom is 0.0244 e. The summed E-state index contributed by atoms with van der Waals surface area (Å²) in [6, 6.07) is 8.67. The Balaban J connectivity index is 1.99. The summed E-state index contributed by atoms with van der Waals surface area (Å²) in [5.74, 6) is 2.59. The number of halogens is 1. The lowest BCUT2D eigenvalue weighted by molar-refractivity contribution is 0.294. The highest BCUT2D eigenvalue weighted by atomic mass is 127. The summed E-state index contributed by atoms with van der Waals surface area (Å²) in [4.78, 5) is 2.55. The maximum atomic E-state index is 2.55. The van der Waals surface area contributed by atoms with Crippen molar-refractivity contribution in [1.29, 1.82) is 0 Å². The monoisotopic (exact) mass is 319 g/mol. The van der Waals surface area contributed by atoms with E-state index in [1.54, 1.807) is 0 Å². The Morgan fingerprint density at radius 3 is 2.64 bits per heavy atom. The van der Waals surface area contributed by atoms with Crippen molar-refractivity contribution in [2.75, 3.05) is 24.6 Å². The molecule has 0 N–H and O–H groups in total. The van der Waals surface area contributed by atoms with Gasteiger partial charge in [0.2, 0.25) is 0 Å². The van der Waals surface area contributed by atoms with E-state index in [0.29, 0.717) is 0 Å². The topological polar surface area (TPSA) is 3.24 Å². The van der Waals surface area contributed by atoms with E-state index >= 15 is 0 Å². The third-order valence-corrected chi connectivity index (χ3v) is 4.45. The molecule has 0 aliphatic carbocycles. The zero-order valence-corrected chi connectivity index (χ0v) is 11.1. The molecular weight excluding hydrogens is 305 g/mol. The minimum atomic E-state index is 1.12. The Morgan fingerprint density at radius 2 is 1.93 bits per heavy atom. The first-order valence-electron chi connectivity index (χ1n) is 4.90. The fourth-order valence-electron chi connectivity index (χ4n) is 1.63. The van der Waals surface area contributed by atoms with Crippen LogP contribution in [0.3, 0.4) is 0 Å². The molecule has 0 saturated carbocycles. The summed E-state index contributed by atoms with van der Waals surface area (Å²) < 4.78 is 1.39. The summed E-state index contributed by atoms with van der Waals surface area (Å²) in [6.07, 6.45) is 0. The van der Waals surface area contributed by atoms with Crippen LogP contribution in [-0.4, -0.2) is 29.5 Å². The zero-order chi connectivity index (χ0) is 9.80. The average molecular weight is 319 g/mol. The molecular formula is C11H14INS. The largest absolute Gasteiger partial charge is 0.297 e. The quantitative estimate of drug-likeness (QED) is 0.771. The number of benzene rings is 1. The highest BCUT2D eigenvalue weighted by Crippen LogP contribution is 2.16. The molecule has 1 fully saturated rings. The van der Waals surface area contributed by atoms with Gasteiger partial charge in [0.25, 0.3) is 0 Å². The van der Waals surface area contributed by atoms with Gasteiger partial charge in [-0.3, -0.25) is 4.90 Å². The Morgan fingerprint density at radius 1 is 1.21 bits per heavy atom. The molecule has 0 aromatic heterocycles. The molecule has 14 heavy (non-hydrogen) atoms. The first kappa shape index (κ1) is 10.8. The molecule has 1 aromatic carbocycles. The normalized spacial score (nSPS) is 18.4. The van der Waals surface area contributed by atoms with Crippen LogP contribution in [-0.2, 0) is 6.54 Å². The standard InChI is InChI=1S/C11H14INS/c12-11-4-2-1-3-10(11)9-13-5-7-14-8-6-13/h1-4H,5-9H2. The lowest BCUT2D eigenvalue weighted by atomic mass is 10.2. The minimum absolute atomic E-state index is 1.12. The van der Waals surface area contributed by atoms with Crippen LogP contribution in [0.15, 0.2) is 24.3 Å². The molecule has 1 aliphatic heterocycles. The van der Waals surface area contributed by atoms with E-state index < -0.39 is 0 Å². The van der Waals surface area contributed by atoms with Gasteiger partial charge in [-0.15, -0.1) is 0 Å². The van der Waals surface area contributed by atoms with Crippen molar-refractivity contribution in [1.82, 2.24) is 4.90 Å². The number of nitrogens with zero attached hydrogens (tertiary/aromatic N) is 1. The van der Waals surface area contributed by atoms with Crippen LogP contribution in [0.4, 0.5) is 0 Å². The van der Waals surface area contributed by atoms with Crippen molar-refractivity contribution in [2.45, 2.75) is 6.54 Å². The van der Waals surface area contributed by atoms with E-state index in [9.17, 15) is 0 Å².